The molecule has 0 aliphatic carbocycles. The molecule has 0 unspecified atom stereocenters. The Labute approximate surface area is 147 Å². The lowest BCUT2D eigenvalue weighted by Crippen LogP contribution is -2.24. The lowest BCUT2D eigenvalue weighted by atomic mass is 10.1. The van der Waals surface area contributed by atoms with Crippen molar-refractivity contribution in [3.8, 4) is 11.3 Å². The van der Waals surface area contributed by atoms with Gasteiger partial charge in [-0.05, 0) is 25.4 Å². The Hall–Kier alpha value is -2.62. The van der Waals surface area contributed by atoms with Crippen molar-refractivity contribution in [2.24, 2.45) is 0 Å². The number of hydrogen-bond acceptors (Lipinski definition) is 2. The molecule has 4 heteroatoms. The zero-order chi connectivity index (χ0) is 23.4. The van der Waals surface area contributed by atoms with Crippen molar-refractivity contribution in [2.75, 3.05) is 14.0 Å². The van der Waals surface area contributed by atoms with Crippen LogP contribution < -0.4 is 0 Å². The number of imidazole rings is 1. The average molecular weight is 315 g/mol. The minimum Gasteiger partial charge on any atom is -0.348 e. The van der Waals surface area contributed by atoms with E-state index in [1.165, 1.54) is 22.7 Å². The zero-order valence-electron chi connectivity index (χ0n) is 20.8. The molecule has 0 aliphatic rings. The van der Waals surface area contributed by atoms with Gasteiger partial charge in [0.15, 0.2) is 0 Å². The topological polar surface area (TPSA) is 37.6 Å². The molecule has 1 aromatic carbocycles. The van der Waals surface area contributed by atoms with Crippen LogP contribution in [0.1, 0.15) is 27.8 Å². The van der Waals surface area contributed by atoms with Gasteiger partial charge in [0.25, 0.3) is 0 Å². The Morgan fingerprint density at radius 3 is 2.70 bits per heavy atom. The van der Waals surface area contributed by atoms with Crippen molar-refractivity contribution in [1.29, 1.82) is 0 Å². The van der Waals surface area contributed by atoms with E-state index < -0.39 is 26.1 Å². The minimum absolute atomic E-state index is 0.0680. The van der Waals surface area contributed by atoms with E-state index in [0.29, 0.717) is 10.5 Å². The highest BCUT2D eigenvalue weighted by atomic mass is 16.2. The SMILES string of the molecule is [2H]C([2H])([2H])c1ccc2nc(-c3ccc(C)cc3)c(C([2H])([2H])C(=O)N(C)C([2H])([2H])[2H])n2c1. The number of carbonyl (C=O) groups is 1. The van der Waals surface area contributed by atoms with Crippen molar-refractivity contribution in [3.63, 3.8) is 0 Å². The predicted octanol–water partition coefficient (Wildman–Crippen LogP) is 3.25. The maximum atomic E-state index is 12.9. The molecule has 3 rings (SSSR count). The second kappa shape index (κ2) is 5.88. The van der Waals surface area contributed by atoms with Crippen LogP contribution in [0.4, 0.5) is 0 Å². The van der Waals surface area contributed by atoms with Crippen LogP contribution in [0.15, 0.2) is 42.6 Å². The molecule has 0 bridgehead atoms. The molecule has 0 saturated carbocycles. The molecule has 1 amide bonds. The highest BCUT2D eigenvalue weighted by Gasteiger charge is 2.18. The van der Waals surface area contributed by atoms with Gasteiger partial charge in [-0.15, -0.1) is 0 Å². The number of carbonyl (C=O) groups excluding carboxylic acids is 1. The molecule has 3 aromatic rings. The van der Waals surface area contributed by atoms with Crippen molar-refractivity contribution in [1.82, 2.24) is 14.3 Å². The average Bonchev–Trinajstić information content (AvgIpc) is 3.05. The number of benzene rings is 1. The largest absolute Gasteiger partial charge is 0.348 e. The van der Waals surface area contributed by atoms with Crippen LogP contribution in [0.3, 0.4) is 0 Å². The number of amides is 1. The predicted molar refractivity (Wildman–Crippen MR) is 92.5 cm³/mol. The summed E-state index contributed by atoms with van der Waals surface area (Å²) >= 11 is 0. The third-order valence-electron chi connectivity index (χ3n) is 3.47. The number of nitrogens with zero attached hydrogens (tertiary/aromatic N) is 3. The Balaban J connectivity index is 2.33. The van der Waals surface area contributed by atoms with Gasteiger partial charge >= 0.3 is 0 Å². The van der Waals surface area contributed by atoms with Gasteiger partial charge in [-0.1, -0.05) is 35.9 Å². The summed E-state index contributed by atoms with van der Waals surface area (Å²) in [6, 6.07) is 9.80. The molecule has 23 heavy (non-hydrogen) atoms. The quantitative estimate of drug-likeness (QED) is 0.744. The minimum atomic E-state index is -2.85. The van der Waals surface area contributed by atoms with E-state index in [9.17, 15) is 4.79 Å². The summed E-state index contributed by atoms with van der Waals surface area (Å²) < 4.78 is 63.7. The van der Waals surface area contributed by atoms with Gasteiger partial charge in [-0.2, -0.15) is 0 Å². The first-order valence-corrected chi connectivity index (χ1v) is 7.02. The van der Waals surface area contributed by atoms with E-state index in [4.69, 9.17) is 11.0 Å². The van der Waals surface area contributed by atoms with Gasteiger partial charge in [-0.3, -0.25) is 4.79 Å². The van der Waals surface area contributed by atoms with Crippen LogP contribution >= 0.6 is 0 Å². The van der Waals surface area contributed by atoms with E-state index in [1.807, 2.05) is 6.92 Å². The molecule has 0 fully saturated rings. The highest BCUT2D eigenvalue weighted by molar-refractivity contribution is 5.81. The van der Waals surface area contributed by atoms with E-state index in [0.717, 1.165) is 12.6 Å². The molecule has 4 nitrogen and oxygen atoms in total. The van der Waals surface area contributed by atoms with Crippen LogP contribution in [-0.2, 0) is 11.2 Å². The van der Waals surface area contributed by atoms with Gasteiger partial charge < -0.3 is 9.30 Å². The number of aryl methyl sites for hydroxylation is 2. The van der Waals surface area contributed by atoms with Crippen LogP contribution in [0.2, 0.25) is 0 Å². The van der Waals surface area contributed by atoms with E-state index in [1.54, 1.807) is 24.3 Å². The van der Waals surface area contributed by atoms with Crippen LogP contribution in [0.25, 0.3) is 16.9 Å². The summed E-state index contributed by atoms with van der Waals surface area (Å²) in [5, 5.41) is 0. The number of aromatic nitrogens is 2. The molecule has 0 saturated heterocycles. The van der Waals surface area contributed by atoms with Crippen molar-refractivity contribution in [3.05, 3.63) is 59.4 Å². The van der Waals surface area contributed by atoms with Crippen molar-refractivity contribution < 1.29 is 15.8 Å². The standard InChI is InChI=1S/C19H21N3O/c1-13-5-8-15(9-6-13)19-16(11-18(23)21(3)4)22-12-14(2)7-10-17(22)20-19/h5-10,12H,11H2,1-4H3/i2D3,3D3,11D2. The summed E-state index contributed by atoms with van der Waals surface area (Å²) in [5.74, 6) is -1.29. The monoisotopic (exact) mass is 315 g/mol. The molecule has 2 heterocycles. The van der Waals surface area contributed by atoms with E-state index in [2.05, 4.69) is 4.98 Å². The lowest BCUT2D eigenvalue weighted by Gasteiger charge is -2.11. The number of fused-ring (bicyclic) bond motifs is 1. The van der Waals surface area contributed by atoms with Gasteiger partial charge in [0.05, 0.1) is 17.8 Å². The summed E-state index contributed by atoms with van der Waals surface area (Å²) in [6.07, 6.45) is -1.60. The Morgan fingerprint density at radius 1 is 1.26 bits per heavy atom. The third-order valence-corrected chi connectivity index (χ3v) is 3.47. The van der Waals surface area contributed by atoms with Crippen molar-refractivity contribution >= 4 is 11.6 Å². The molecule has 118 valence electrons. The van der Waals surface area contributed by atoms with Crippen molar-refractivity contribution in [2.45, 2.75) is 20.1 Å². The Bertz CT molecular complexity index is 1130. The van der Waals surface area contributed by atoms with E-state index >= 15 is 0 Å². The molecule has 2 aromatic heterocycles. The molecule has 0 N–H and O–H groups in total. The number of likely N-dealkylation sites (N-methyl/N-ethyl adjacent to an activating group) is 1. The first kappa shape index (κ1) is 8.29. The second-order valence-corrected chi connectivity index (χ2v) is 5.31. The molecular weight excluding hydrogens is 286 g/mol. The van der Waals surface area contributed by atoms with Crippen LogP contribution in [-0.4, -0.2) is 34.2 Å². The van der Waals surface area contributed by atoms with Crippen LogP contribution in [0.5, 0.6) is 0 Å². The third kappa shape index (κ3) is 2.97. The fraction of sp³-hybridized carbons (Fsp3) is 0.263. The first-order valence-electron chi connectivity index (χ1n) is 11.0. The molecule has 0 radical (unpaired) electrons. The molecule has 0 atom stereocenters. The van der Waals surface area contributed by atoms with E-state index in [-0.39, 0.29) is 22.6 Å². The number of rotatable bonds is 3. The van der Waals surface area contributed by atoms with Gasteiger partial charge in [0, 0.05) is 36.7 Å². The first-order chi connectivity index (χ1) is 14.1. The number of pyridine rings is 1. The fourth-order valence-electron chi connectivity index (χ4n) is 2.26. The molecule has 0 aliphatic heterocycles. The molecular formula is C19H21N3O. The van der Waals surface area contributed by atoms with Crippen LogP contribution in [0, 0.1) is 13.8 Å². The Kier molecular flexibility index (Phi) is 2.12. The zero-order valence-corrected chi connectivity index (χ0v) is 12.8. The number of hydrogen-bond donors (Lipinski definition) is 0. The van der Waals surface area contributed by atoms with Gasteiger partial charge in [-0.25, -0.2) is 4.98 Å². The summed E-state index contributed by atoms with van der Waals surface area (Å²) in [6.45, 7) is -3.43. The summed E-state index contributed by atoms with van der Waals surface area (Å²) in [7, 11) is 0.996. The molecule has 0 spiro atoms. The highest BCUT2D eigenvalue weighted by Crippen LogP contribution is 2.26. The second-order valence-electron chi connectivity index (χ2n) is 5.31. The summed E-state index contributed by atoms with van der Waals surface area (Å²) in [4.78, 5) is 17.7. The summed E-state index contributed by atoms with van der Waals surface area (Å²) in [5.41, 5.74) is 1.51. The maximum absolute atomic E-state index is 12.9. The fourth-order valence-corrected chi connectivity index (χ4v) is 2.26. The Morgan fingerprint density at radius 2 is 2.00 bits per heavy atom. The smallest absolute Gasteiger partial charge is 0.228 e. The lowest BCUT2D eigenvalue weighted by molar-refractivity contribution is -0.128. The normalized spacial score (nSPS) is 17.8. The van der Waals surface area contributed by atoms with Gasteiger partial charge in [0.2, 0.25) is 5.91 Å². The van der Waals surface area contributed by atoms with Gasteiger partial charge in [0.1, 0.15) is 5.65 Å². The maximum Gasteiger partial charge on any atom is 0.228 e.